The van der Waals surface area contributed by atoms with Gasteiger partial charge in [-0.3, -0.25) is 4.98 Å². The summed E-state index contributed by atoms with van der Waals surface area (Å²) in [5.41, 5.74) is 8.02. The largest absolute Gasteiger partial charge is 0.467 e. The molecule has 0 fully saturated rings. The van der Waals surface area contributed by atoms with Crippen LogP contribution in [0.4, 0.5) is 0 Å². The summed E-state index contributed by atoms with van der Waals surface area (Å²) >= 11 is 0. The summed E-state index contributed by atoms with van der Waals surface area (Å²) in [5, 5.41) is 0. The highest BCUT2D eigenvalue weighted by Crippen LogP contribution is 2.22. The summed E-state index contributed by atoms with van der Waals surface area (Å²) in [7, 11) is 0. The molecule has 5 heteroatoms. The van der Waals surface area contributed by atoms with Crippen molar-refractivity contribution in [2.45, 2.75) is 6.04 Å². The van der Waals surface area contributed by atoms with Gasteiger partial charge in [0.25, 0.3) is 0 Å². The van der Waals surface area contributed by atoms with Crippen molar-refractivity contribution < 1.29 is 8.83 Å². The van der Waals surface area contributed by atoms with Gasteiger partial charge in [-0.2, -0.15) is 0 Å². The molecule has 0 bridgehead atoms. The fraction of sp³-hybridized carbons (Fsp3) is 0.0833. The van der Waals surface area contributed by atoms with E-state index < -0.39 is 5.76 Å². The fourth-order valence-corrected chi connectivity index (χ4v) is 1.79. The Morgan fingerprint density at radius 3 is 2.94 bits per heavy atom. The monoisotopic (exact) mass is 230 g/mol. The van der Waals surface area contributed by atoms with Crippen LogP contribution in [0.5, 0.6) is 0 Å². The maximum Gasteiger partial charge on any atom is 0.417 e. The molecule has 0 aliphatic carbocycles. The summed E-state index contributed by atoms with van der Waals surface area (Å²) in [5.74, 6) is 0.200. The standard InChI is InChI=1S/C12H10N2O3/c13-11(9-2-1-5-16-9)7-3-4-8-10(6-7)17-12(15)14-8/h1-6,11H,13H2,(H,14,15). The van der Waals surface area contributed by atoms with Crippen molar-refractivity contribution in [3.05, 3.63) is 58.5 Å². The number of furan rings is 1. The van der Waals surface area contributed by atoms with Gasteiger partial charge in [-0.15, -0.1) is 0 Å². The Bertz CT molecular complexity index is 694. The lowest BCUT2D eigenvalue weighted by Crippen LogP contribution is -2.10. The van der Waals surface area contributed by atoms with Gasteiger partial charge >= 0.3 is 5.76 Å². The van der Waals surface area contributed by atoms with E-state index in [-0.39, 0.29) is 6.04 Å². The van der Waals surface area contributed by atoms with E-state index in [1.165, 1.54) is 0 Å². The molecule has 86 valence electrons. The topological polar surface area (TPSA) is 85.2 Å². The Morgan fingerprint density at radius 1 is 1.29 bits per heavy atom. The van der Waals surface area contributed by atoms with E-state index in [9.17, 15) is 4.79 Å². The zero-order chi connectivity index (χ0) is 11.8. The van der Waals surface area contributed by atoms with Crippen molar-refractivity contribution >= 4 is 11.1 Å². The Labute approximate surface area is 95.8 Å². The second-order valence-electron chi connectivity index (χ2n) is 3.76. The average molecular weight is 230 g/mol. The Morgan fingerprint density at radius 2 is 2.18 bits per heavy atom. The van der Waals surface area contributed by atoms with Gasteiger partial charge in [-0.1, -0.05) is 6.07 Å². The molecular formula is C12H10N2O3. The minimum atomic E-state index is -0.469. The predicted molar refractivity (Wildman–Crippen MR) is 61.6 cm³/mol. The maximum atomic E-state index is 11.0. The van der Waals surface area contributed by atoms with E-state index in [0.717, 1.165) is 5.56 Å². The number of fused-ring (bicyclic) bond motifs is 1. The van der Waals surface area contributed by atoms with Crippen LogP contribution in [0.25, 0.3) is 11.1 Å². The smallest absolute Gasteiger partial charge is 0.417 e. The minimum Gasteiger partial charge on any atom is -0.467 e. The first-order chi connectivity index (χ1) is 8.24. The number of nitrogens with two attached hydrogens (primary N) is 1. The van der Waals surface area contributed by atoms with Crippen molar-refractivity contribution in [1.29, 1.82) is 0 Å². The van der Waals surface area contributed by atoms with Gasteiger partial charge in [0.1, 0.15) is 5.76 Å². The van der Waals surface area contributed by atoms with Crippen molar-refractivity contribution in [3.8, 4) is 0 Å². The number of rotatable bonds is 2. The maximum absolute atomic E-state index is 11.0. The molecule has 5 nitrogen and oxygen atoms in total. The highest BCUT2D eigenvalue weighted by atomic mass is 16.4. The van der Waals surface area contributed by atoms with Crippen molar-refractivity contribution in [2.75, 3.05) is 0 Å². The molecule has 0 amide bonds. The lowest BCUT2D eigenvalue weighted by molar-refractivity contribution is 0.489. The third kappa shape index (κ3) is 1.66. The zero-order valence-electron chi connectivity index (χ0n) is 8.84. The molecule has 0 saturated carbocycles. The van der Waals surface area contributed by atoms with Crippen LogP contribution in [0, 0.1) is 0 Å². The van der Waals surface area contributed by atoms with Crippen molar-refractivity contribution in [1.82, 2.24) is 4.98 Å². The highest BCUT2D eigenvalue weighted by Gasteiger charge is 2.13. The van der Waals surface area contributed by atoms with E-state index in [4.69, 9.17) is 14.6 Å². The molecule has 0 radical (unpaired) electrons. The molecule has 2 aromatic heterocycles. The lowest BCUT2D eigenvalue weighted by Gasteiger charge is -2.08. The molecule has 0 saturated heterocycles. The number of H-pyrrole nitrogens is 1. The lowest BCUT2D eigenvalue weighted by atomic mass is 10.1. The number of hydrogen-bond acceptors (Lipinski definition) is 4. The molecule has 2 heterocycles. The molecule has 1 aromatic carbocycles. The average Bonchev–Trinajstić information content (AvgIpc) is 2.94. The van der Waals surface area contributed by atoms with Crippen LogP contribution in [-0.4, -0.2) is 4.98 Å². The van der Waals surface area contributed by atoms with Crippen LogP contribution in [0.2, 0.25) is 0 Å². The molecule has 3 N–H and O–H groups in total. The number of oxazole rings is 1. The van der Waals surface area contributed by atoms with Crippen LogP contribution >= 0.6 is 0 Å². The number of benzene rings is 1. The fourth-order valence-electron chi connectivity index (χ4n) is 1.79. The van der Waals surface area contributed by atoms with Gasteiger partial charge in [-0.05, 0) is 29.8 Å². The van der Waals surface area contributed by atoms with Gasteiger partial charge in [-0.25, -0.2) is 4.79 Å². The van der Waals surface area contributed by atoms with Crippen LogP contribution in [0.3, 0.4) is 0 Å². The Kier molecular flexibility index (Phi) is 2.12. The van der Waals surface area contributed by atoms with Crippen molar-refractivity contribution in [3.63, 3.8) is 0 Å². The van der Waals surface area contributed by atoms with E-state index in [2.05, 4.69) is 4.98 Å². The zero-order valence-corrected chi connectivity index (χ0v) is 8.84. The second-order valence-corrected chi connectivity index (χ2v) is 3.76. The van der Waals surface area contributed by atoms with Crippen LogP contribution in [0.1, 0.15) is 17.4 Å². The second kappa shape index (κ2) is 3.64. The molecule has 0 aliphatic heterocycles. The van der Waals surface area contributed by atoms with E-state index in [1.807, 2.05) is 12.1 Å². The van der Waals surface area contributed by atoms with Crippen LogP contribution in [0.15, 0.2) is 50.2 Å². The molecule has 17 heavy (non-hydrogen) atoms. The summed E-state index contributed by atoms with van der Waals surface area (Å²) in [4.78, 5) is 13.6. The summed E-state index contributed by atoms with van der Waals surface area (Å²) in [6.07, 6.45) is 1.57. The van der Waals surface area contributed by atoms with Gasteiger partial charge in [0.05, 0.1) is 17.8 Å². The molecular weight excluding hydrogens is 220 g/mol. The van der Waals surface area contributed by atoms with Crippen molar-refractivity contribution in [2.24, 2.45) is 5.73 Å². The first kappa shape index (κ1) is 9.92. The van der Waals surface area contributed by atoms with E-state index >= 15 is 0 Å². The molecule has 0 spiro atoms. The highest BCUT2D eigenvalue weighted by molar-refractivity contribution is 5.73. The first-order valence-corrected chi connectivity index (χ1v) is 5.16. The predicted octanol–water partition coefficient (Wildman–Crippen LogP) is 1.76. The molecule has 3 aromatic rings. The molecule has 3 rings (SSSR count). The number of nitrogens with one attached hydrogen (secondary N) is 1. The summed E-state index contributed by atoms with van der Waals surface area (Å²) < 4.78 is 10.2. The summed E-state index contributed by atoms with van der Waals surface area (Å²) in [6.45, 7) is 0. The van der Waals surface area contributed by atoms with Gasteiger partial charge < -0.3 is 14.6 Å². The van der Waals surface area contributed by atoms with Crippen LogP contribution in [-0.2, 0) is 0 Å². The third-order valence-corrected chi connectivity index (χ3v) is 2.65. The van der Waals surface area contributed by atoms with E-state index in [0.29, 0.717) is 16.9 Å². The molecule has 0 aliphatic rings. The Hall–Kier alpha value is -2.27. The third-order valence-electron chi connectivity index (χ3n) is 2.65. The van der Waals surface area contributed by atoms with E-state index in [1.54, 1.807) is 24.5 Å². The number of hydrogen-bond donors (Lipinski definition) is 2. The SMILES string of the molecule is NC(c1ccc2[nH]c(=O)oc2c1)c1ccco1. The van der Waals surface area contributed by atoms with Crippen LogP contribution < -0.4 is 11.5 Å². The van der Waals surface area contributed by atoms with Gasteiger partial charge in [0.15, 0.2) is 5.58 Å². The minimum absolute atomic E-state index is 0.366. The normalized spacial score (nSPS) is 13.0. The summed E-state index contributed by atoms with van der Waals surface area (Å²) in [6, 6.07) is 8.56. The quantitative estimate of drug-likeness (QED) is 0.702. The molecule has 1 unspecified atom stereocenters. The molecule has 1 atom stereocenters. The first-order valence-electron chi connectivity index (χ1n) is 5.16. The van der Waals surface area contributed by atoms with Gasteiger partial charge in [0.2, 0.25) is 0 Å². The van der Waals surface area contributed by atoms with Gasteiger partial charge in [0, 0.05) is 0 Å². The Balaban J connectivity index is 2.08. The number of aromatic amines is 1. The number of aromatic nitrogens is 1.